The van der Waals surface area contributed by atoms with Crippen LogP contribution in [0.25, 0.3) is 0 Å². The van der Waals surface area contributed by atoms with Gasteiger partial charge in [-0.1, -0.05) is 0 Å². The van der Waals surface area contributed by atoms with Crippen LogP contribution < -0.4 is 0 Å². The van der Waals surface area contributed by atoms with Gasteiger partial charge in [0.15, 0.2) is 0 Å². The average molecular weight is 266 g/mol. The maximum Gasteiger partial charge on any atom is 0.325 e. The minimum absolute atomic E-state index is 0.163. The molecule has 2 unspecified atom stereocenters. The molecule has 2 fully saturated rings. The first-order valence-corrected chi connectivity index (χ1v) is 7.67. The van der Waals surface area contributed by atoms with E-state index < -0.39 is 19.3 Å². The van der Waals surface area contributed by atoms with Gasteiger partial charge in [-0.3, -0.25) is 9.09 Å². The molecule has 0 amide bonds. The van der Waals surface area contributed by atoms with Gasteiger partial charge in [-0.25, -0.2) is 0 Å². The van der Waals surface area contributed by atoms with Gasteiger partial charge in [0.1, 0.15) is 17.8 Å². The van der Waals surface area contributed by atoms with Crippen LogP contribution in [0.5, 0.6) is 0 Å². The smallest absolute Gasteiger partial charge is 0.325 e. The Bertz CT molecular complexity index is 325. The summed E-state index contributed by atoms with van der Waals surface area (Å²) in [4.78, 5) is 9.38. The Morgan fingerprint density at radius 3 is 2.88 bits per heavy atom. The Morgan fingerprint density at radius 1 is 1.59 bits per heavy atom. The lowest BCUT2D eigenvalue weighted by atomic mass is 9.90. The van der Waals surface area contributed by atoms with E-state index in [9.17, 15) is 9.46 Å². The molecule has 2 aliphatic rings. The van der Waals surface area contributed by atoms with E-state index in [1.54, 1.807) is 7.11 Å². The second kappa shape index (κ2) is 4.61. The summed E-state index contributed by atoms with van der Waals surface area (Å²) in [6.45, 7) is 3.94. The fraction of sp³-hybridized carbons (Fsp3) is 1.00. The first-order chi connectivity index (χ1) is 7.88. The fourth-order valence-corrected chi connectivity index (χ4v) is 3.37. The van der Waals surface area contributed by atoms with Crippen molar-refractivity contribution in [2.45, 2.75) is 37.3 Å². The van der Waals surface area contributed by atoms with Gasteiger partial charge in [-0.2, -0.15) is 0 Å². The Kier molecular flexibility index (Phi) is 3.65. The number of fused-ring (bicyclic) bond motifs is 2. The lowest BCUT2D eigenvalue weighted by molar-refractivity contribution is -0.138. The van der Waals surface area contributed by atoms with Crippen LogP contribution in [0.1, 0.15) is 13.3 Å². The van der Waals surface area contributed by atoms with E-state index in [-0.39, 0.29) is 12.2 Å². The standard InChI is InChI=1S/C10H19O6P/c1-7-8-9(16-17(3,11)12)10(15-7,6-13-2)4-5-14-8/h7-9H,4-6H2,1-3H3,(H,11,12)/t7-,8+,9?,10+/m0/s1. The van der Waals surface area contributed by atoms with E-state index in [1.165, 1.54) is 6.66 Å². The molecule has 7 heteroatoms. The van der Waals surface area contributed by atoms with Crippen LogP contribution in [-0.4, -0.2) is 55.8 Å². The molecule has 0 aromatic heterocycles. The second-order valence-corrected chi connectivity index (χ2v) is 6.55. The molecule has 2 bridgehead atoms. The predicted octanol–water partition coefficient (Wildman–Crippen LogP) is 0.780. The quantitative estimate of drug-likeness (QED) is 0.758. The summed E-state index contributed by atoms with van der Waals surface area (Å²) in [7, 11) is -2.00. The lowest BCUT2D eigenvalue weighted by Gasteiger charge is -2.38. The van der Waals surface area contributed by atoms with Crippen molar-refractivity contribution in [1.82, 2.24) is 0 Å². The normalized spacial score (nSPS) is 44.6. The van der Waals surface area contributed by atoms with E-state index in [0.29, 0.717) is 19.6 Å². The third kappa shape index (κ3) is 2.57. The van der Waals surface area contributed by atoms with Crippen LogP contribution in [0, 0.1) is 0 Å². The molecule has 2 aliphatic heterocycles. The molecule has 0 saturated carbocycles. The molecule has 0 radical (unpaired) electrons. The molecule has 17 heavy (non-hydrogen) atoms. The zero-order chi connectivity index (χ0) is 12.7. The van der Waals surface area contributed by atoms with Crippen molar-refractivity contribution >= 4 is 7.60 Å². The Balaban J connectivity index is 2.24. The Hall–Kier alpha value is 0.0300. The summed E-state index contributed by atoms with van der Waals surface area (Å²) in [5, 5.41) is 0. The number of hydrogen-bond donors (Lipinski definition) is 1. The van der Waals surface area contributed by atoms with Crippen LogP contribution in [-0.2, 0) is 23.3 Å². The molecular weight excluding hydrogens is 247 g/mol. The Labute approximate surface area is 101 Å². The minimum Gasteiger partial charge on any atom is -0.382 e. The van der Waals surface area contributed by atoms with Crippen LogP contribution in [0.15, 0.2) is 0 Å². The third-order valence-corrected chi connectivity index (χ3v) is 3.85. The molecule has 0 aromatic carbocycles. The van der Waals surface area contributed by atoms with Crippen molar-refractivity contribution in [1.29, 1.82) is 0 Å². The van der Waals surface area contributed by atoms with Gasteiger partial charge in [0.2, 0.25) is 0 Å². The van der Waals surface area contributed by atoms with Crippen molar-refractivity contribution in [3.8, 4) is 0 Å². The van der Waals surface area contributed by atoms with Gasteiger partial charge in [0.05, 0.1) is 19.3 Å². The summed E-state index contributed by atoms with van der Waals surface area (Å²) in [5.74, 6) is 0. The summed E-state index contributed by atoms with van der Waals surface area (Å²) < 4.78 is 33.3. The van der Waals surface area contributed by atoms with Crippen LogP contribution in [0.4, 0.5) is 0 Å². The molecule has 100 valence electrons. The van der Waals surface area contributed by atoms with Crippen LogP contribution in [0.3, 0.4) is 0 Å². The molecule has 0 aromatic rings. The molecule has 1 N–H and O–H groups in total. The number of methoxy groups -OCH3 is 1. The topological polar surface area (TPSA) is 74.2 Å². The molecule has 0 aliphatic carbocycles. The monoisotopic (exact) mass is 266 g/mol. The van der Waals surface area contributed by atoms with E-state index >= 15 is 0 Å². The van der Waals surface area contributed by atoms with E-state index in [2.05, 4.69) is 0 Å². The van der Waals surface area contributed by atoms with Gasteiger partial charge < -0.3 is 19.1 Å². The van der Waals surface area contributed by atoms with Crippen LogP contribution in [0.2, 0.25) is 0 Å². The Morgan fingerprint density at radius 2 is 2.29 bits per heavy atom. The zero-order valence-corrected chi connectivity index (χ0v) is 11.2. The van der Waals surface area contributed by atoms with Crippen molar-refractivity contribution in [3.63, 3.8) is 0 Å². The number of ether oxygens (including phenoxy) is 3. The van der Waals surface area contributed by atoms with Crippen LogP contribution >= 0.6 is 7.60 Å². The second-order valence-electron chi connectivity index (χ2n) is 4.74. The average Bonchev–Trinajstić information content (AvgIpc) is 2.35. The maximum atomic E-state index is 11.4. The molecular formula is C10H19O6P. The van der Waals surface area contributed by atoms with Gasteiger partial charge in [-0.05, 0) is 6.92 Å². The van der Waals surface area contributed by atoms with Crippen molar-refractivity contribution in [2.75, 3.05) is 27.0 Å². The highest BCUT2D eigenvalue weighted by molar-refractivity contribution is 7.51. The van der Waals surface area contributed by atoms with Crippen molar-refractivity contribution < 1.29 is 28.2 Å². The lowest BCUT2D eigenvalue weighted by Crippen LogP contribution is -2.52. The zero-order valence-electron chi connectivity index (χ0n) is 10.3. The molecule has 2 heterocycles. The fourth-order valence-electron chi connectivity index (χ4n) is 2.64. The minimum atomic E-state index is -3.58. The highest BCUT2D eigenvalue weighted by atomic mass is 31.2. The molecule has 6 nitrogen and oxygen atoms in total. The first kappa shape index (κ1) is 13.5. The number of rotatable bonds is 4. The molecule has 2 saturated heterocycles. The largest absolute Gasteiger partial charge is 0.382 e. The van der Waals surface area contributed by atoms with Gasteiger partial charge in [0.25, 0.3) is 0 Å². The summed E-state index contributed by atoms with van der Waals surface area (Å²) in [6.07, 6.45) is -0.414. The van der Waals surface area contributed by atoms with Gasteiger partial charge >= 0.3 is 7.60 Å². The summed E-state index contributed by atoms with van der Waals surface area (Å²) in [5.41, 5.74) is -0.661. The summed E-state index contributed by atoms with van der Waals surface area (Å²) >= 11 is 0. The van der Waals surface area contributed by atoms with E-state index in [4.69, 9.17) is 18.7 Å². The third-order valence-electron chi connectivity index (χ3n) is 3.23. The van der Waals surface area contributed by atoms with E-state index in [1.807, 2.05) is 6.92 Å². The number of hydrogen-bond acceptors (Lipinski definition) is 5. The molecule has 2 rings (SSSR count). The highest BCUT2D eigenvalue weighted by Crippen LogP contribution is 2.49. The van der Waals surface area contributed by atoms with Crippen molar-refractivity contribution in [2.24, 2.45) is 0 Å². The molecule has 5 atom stereocenters. The van der Waals surface area contributed by atoms with Gasteiger partial charge in [0, 0.05) is 20.2 Å². The summed E-state index contributed by atoms with van der Waals surface area (Å²) in [6, 6.07) is 0. The highest BCUT2D eigenvalue weighted by Gasteiger charge is 2.59. The van der Waals surface area contributed by atoms with Crippen molar-refractivity contribution in [3.05, 3.63) is 0 Å². The first-order valence-electron chi connectivity index (χ1n) is 5.65. The predicted molar refractivity (Wildman–Crippen MR) is 60.1 cm³/mol. The molecule has 0 spiro atoms. The maximum absolute atomic E-state index is 11.4. The van der Waals surface area contributed by atoms with Gasteiger partial charge in [-0.15, -0.1) is 0 Å². The van der Waals surface area contributed by atoms with E-state index in [0.717, 1.165) is 0 Å². The SMILES string of the molecule is COC[C@]12CCO[C@@H](C1OP(C)(=O)O)[C@H](C)O2.